The van der Waals surface area contributed by atoms with Crippen molar-refractivity contribution in [2.24, 2.45) is 0 Å². The van der Waals surface area contributed by atoms with Gasteiger partial charge in [-0.2, -0.15) is 0 Å². The van der Waals surface area contributed by atoms with Crippen LogP contribution in [0.5, 0.6) is 0 Å². The Morgan fingerprint density at radius 1 is 1.50 bits per heavy atom. The standard InChI is InChI=1S/C3H7N2O2.3Rb.H/c1-2-4-3(6)5-7;;;;/h2H2,1H3,(H2-,4,5,6,7);;;;/q-1;3*+1;-1/p-1. The van der Waals surface area contributed by atoms with E-state index in [2.05, 4.69) is 10.8 Å². The fourth-order valence-corrected chi connectivity index (χ4v) is 0.167. The Balaban J connectivity index is -0.0000000300. The van der Waals surface area contributed by atoms with E-state index in [1.54, 1.807) is 6.92 Å². The molecule has 44 valence electrons. The van der Waals surface area contributed by atoms with Crippen LogP contribution < -0.4 is 175 Å². The van der Waals surface area contributed by atoms with Gasteiger partial charge in [-0.15, -0.1) is 6.54 Å². The van der Waals surface area contributed by atoms with E-state index in [-0.39, 0.29) is 176 Å². The molecule has 0 unspecified atom stereocenters. The summed E-state index contributed by atoms with van der Waals surface area (Å²) in [4.78, 5) is 9.83. The molecule has 0 heterocycles. The predicted octanol–water partition coefficient (Wildman–Crippen LogP) is -7.61. The van der Waals surface area contributed by atoms with Crippen molar-refractivity contribution in [1.82, 2.24) is 0 Å². The molecule has 0 fully saturated rings. The molecule has 0 aliphatic rings. The fraction of sp³-hybridized carbons (Fsp3) is 0.667. The first kappa shape index (κ1) is 24.1. The first-order valence-electron chi connectivity index (χ1n) is 1.87. The third kappa shape index (κ3) is 18.4. The molecule has 0 aliphatic carbocycles. The second kappa shape index (κ2) is 19.3. The first-order valence-corrected chi connectivity index (χ1v) is 1.87. The summed E-state index contributed by atoms with van der Waals surface area (Å²) < 4.78 is 0. The second-order valence-corrected chi connectivity index (χ2v) is 0.857. The smallest absolute Gasteiger partial charge is 1.00 e. The van der Waals surface area contributed by atoms with Crippen LogP contribution in [0.3, 0.4) is 0 Å². The van der Waals surface area contributed by atoms with Gasteiger partial charge in [0.2, 0.25) is 0 Å². The van der Waals surface area contributed by atoms with Gasteiger partial charge in [0.25, 0.3) is 0 Å². The summed E-state index contributed by atoms with van der Waals surface area (Å²) in [5.41, 5.74) is 2.27. The Kier molecular flexibility index (Phi) is 46.3. The van der Waals surface area contributed by atoms with Gasteiger partial charge in [-0.05, 0) is 6.03 Å². The predicted molar refractivity (Wildman–Crippen MR) is 25.6 cm³/mol. The molecule has 0 saturated heterocycles. The van der Waals surface area contributed by atoms with Crippen LogP contribution in [0, 0.1) is 0 Å². The molecule has 7 heteroatoms. The van der Waals surface area contributed by atoms with Gasteiger partial charge in [0, 0.05) is 0 Å². The zero-order valence-electron chi connectivity index (χ0n) is 7.96. The molecule has 0 aliphatic heterocycles. The Labute approximate surface area is 209 Å². The van der Waals surface area contributed by atoms with Crippen LogP contribution in [0.25, 0.3) is 10.8 Å². The number of hydroxylamine groups is 1. The van der Waals surface area contributed by atoms with Crippen molar-refractivity contribution in [1.29, 1.82) is 0 Å². The minimum atomic E-state index is -0.817. The molecule has 10 heavy (non-hydrogen) atoms. The zero-order valence-corrected chi connectivity index (χ0v) is 21.7. The minimum Gasteiger partial charge on any atom is -1.00 e. The maximum absolute atomic E-state index is 9.83. The number of rotatable bonds is 1. The van der Waals surface area contributed by atoms with Crippen LogP contribution in [0.1, 0.15) is 8.35 Å². The van der Waals surface area contributed by atoms with Crippen molar-refractivity contribution in [3.8, 4) is 0 Å². The first-order chi connectivity index (χ1) is 3.31. The molecular formula is C3H7N2O2Rb3. The normalized spacial score (nSPS) is 5.40. The van der Waals surface area contributed by atoms with E-state index >= 15 is 0 Å². The van der Waals surface area contributed by atoms with E-state index in [9.17, 15) is 4.79 Å². The summed E-state index contributed by atoms with van der Waals surface area (Å²) in [6.45, 7) is 2.05. The van der Waals surface area contributed by atoms with Crippen molar-refractivity contribution in [3.05, 3.63) is 10.8 Å². The Hall–Kier alpha value is 4.65. The fourth-order valence-electron chi connectivity index (χ4n) is 0.167. The number of nitrogens with zero attached hydrogens (tertiary/aromatic N) is 2. The van der Waals surface area contributed by atoms with Crippen molar-refractivity contribution in [3.63, 3.8) is 0 Å². The van der Waals surface area contributed by atoms with E-state index < -0.39 is 6.03 Å². The quantitative estimate of drug-likeness (QED) is 0.373. The van der Waals surface area contributed by atoms with Gasteiger partial charge in [-0.3, -0.25) is 0 Å². The number of carbonyl (C=O) groups excluding carboxylic acids is 1. The molecule has 4 nitrogen and oxygen atoms in total. The van der Waals surface area contributed by atoms with Gasteiger partial charge in [0.15, 0.2) is 0 Å². The third-order valence-corrected chi connectivity index (χ3v) is 0.379. The number of hydrogen-bond acceptors (Lipinski definition) is 2. The molecule has 0 rings (SSSR count). The van der Waals surface area contributed by atoms with Crippen LogP contribution in [0.4, 0.5) is 4.79 Å². The van der Waals surface area contributed by atoms with Crippen LogP contribution in [-0.4, -0.2) is 17.8 Å². The van der Waals surface area contributed by atoms with Gasteiger partial charge < -0.3 is 22.2 Å². The zero-order chi connectivity index (χ0) is 5.70. The Morgan fingerprint density at radius 3 is 2.00 bits per heavy atom. The largest absolute Gasteiger partial charge is 1.00 e. The van der Waals surface area contributed by atoms with Gasteiger partial charge in [0.1, 0.15) is 0 Å². The average molecular weight is 360 g/mol. The molecule has 0 atom stereocenters. The van der Waals surface area contributed by atoms with Crippen LogP contribution in [-0.2, 0) is 0 Å². The van der Waals surface area contributed by atoms with Gasteiger partial charge in [-0.25, -0.2) is 0 Å². The van der Waals surface area contributed by atoms with Crippen molar-refractivity contribution >= 4 is 6.03 Å². The van der Waals surface area contributed by atoms with E-state index in [0.29, 0.717) is 6.54 Å². The average Bonchev–Trinajstić information content (AvgIpc) is 1.68. The van der Waals surface area contributed by atoms with Crippen LogP contribution >= 0.6 is 0 Å². The van der Waals surface area contributed by atoms with Crippen LogP contribution in [0.15, 0.2) is 0 Å². The maximum atomic E-state index is 9.83. The van der Waals surface area contributed by atoms with Gasteiger partial charge >= 0.3 is 175 Å². The number of urea groups is 1. The number of amides is 2. The summed E-state index contributed by atoms with van der Waals surface area (Å²) in [6, 6.07) is -0.817. The Bertz CT molecular complexity index is 77.6. The van der Waals surface area contributed by atoms with Crippen LogP contribution in [0.2, 0.25) is 0 Å². The molecule has 0 spiro atoms. The summed E-state index contributed by atoms with van der Waals surface area (Å²) in [6.07, 6.45) is 0. The monoisotopic (exact) mass is 358 g/mol. The van der Waals surface area contributed by atoms with E-state index in [0.717, 1.165) is 0 Å². The molecule has 0 bridgehead atoms. The van der Waals surface area contributed by atoms with E-state index in [1.165, 1.54) is 0 Å². The molecule has 0 aromatic rings. The van der Waals surface area contributed by atoms with Crippen molar-refractivity contribution in [2.75, 3.05) is 6.54 Å². The topological polar surface area (TPSA) is 65.5 Å². The molecule has 0 aromatic carbocycles. The molecule has 0 aromatic heterocycles. The van der Waals surface area contributed by atoms with Crippen molar-refractivity contribution < 1.29 is 186 Å². The summed E-state index contributed by atoms with van der Waals surface area (Å²) in [5.74, 6) is 0. The van der Waals surface area contributed by atoms with E-state index in [4.69, 9.17) is 5.21 Å². The summed E-state index contributed by atoms with van der Waals surface area (Å²) >= 11 is 0. The third-order valence-electron chi connectivity index (χ3n) is 0.379. The minimum absolute atomic E-state index is 0. The second-order valence-electron chi connectivity index (χ2n) is 0.857. The number of hydrogen-bond donors (Lipinski definition) is 1. The van der Waals surface area contributed by atoms with Gasteiger partial charge in [0.05, 0.1) is 0 Å². The molecule has 0 saturated carbocycles. The van der Waals surface area contributed by atoms with Gasteiger partial charge in [-0.1, -0.05) is 6.92 Å². The molecule has 1 N–H and O–H groups in total. The summed E-state index contributed by atoms with van der Waals surface area (Å²) in [5, 5.41) is 10.8. The molecule has 0 radical (unpaired) electrons. The molecular weight excluding hydrogens is 352 g/mol. The van der Waals surface area contributed by atoms with Crippen molar-refractivity contribution in [2.45, 2.75) is 6.92 Å². The van der Waals surface area contributed by atoms with E-state index in [1.807, 2.05) is 0 Å². The SMILES string of the molecule is CC[N-]C(=O)[N-]O.[H-].[Rb+].[Rb+].[Rb+]. The molecule has 2 amide bonds. The Morgan fingerprint density at radius 2 is 1.90 bits per heavy atom. The number of carbonyl (C=O) groups is 1. The summed E-state index contributed by atoms with van der Waals surface area (Å²) in [7, 11) is 0. The maximum Gasteiger partial charge on any atom is 1.00 e.